The number of ether oxygens (including phenoxy) is 1. The lowest BCUT2D eigenvalue weighted by molar-refractivity contribution is 0.122. The number of nitrogens with one attached hydrogen (secondary N) is 2. The Balaban J connectivity index is 1.48. The van der Waals surface area contributed by atoms with Gasteiger partial charge in [-0.2, -0.15) is 0 Å². The topological polar surface area (TPSA) is 69.3 Å². The molecule has 1 aromatic carbocycles. The number of aromatic amines is 1. The molecule has 0 spiro atoms. The van der Waals surface area contributed by atoms with Gasteiger partial charge >= 0.3 is 0 Å². The zero-order valence-electron chi connectivity index (χ0n) is 18.4. The van der Waals surface area contributed by atoms with Gasteiger partial charge in [-0.05, 0) is 29.8 Å². The Kier molecular flexibility index (Phi) is 5.71. The van der Waals surface area contributed by atoms with Crippen LogP contribution in [0.3, 0.4) is 0 Å². The summed E-state index contributed by atoms with van der Waals surface area (Å²) in [6, 6.07) is 7.97. The predicted molar refractivity (Wildman–Crippen MR) is 131 cm³/mol. The average molecular weight is 467 g/mol. The van der Waals surface area contributed by atoms with E-state index in [1.807, 2.05) is 24.4 Å². The van der Waals surface area contributed by atoms with E-state index in [0.717, 1.165) is 78.3 Å². The van der Waals surface area contributed by atoms with Crippen LogP contribution in [0.2, 0.25) is 0 Å². The second-order valence-electron chi connectivity index (χ2n) is 8.64. The van der Waals surface area contributed by atoms with Crippen LogP contribution in [0.1, 0.15) is 10.4 Å². The molecule has 172 valence electrons. The van der Waals surface area contributed by atoms with Gasteiger partial charge in [0.15, 0.2) is 11.6 Å². The summed E-state index contributed by atoms with van der Waals surface area (Å²) < 4.78 is 20.3. The highest BCUT2D eigenvalue weighted by Crippen LogP contribution is 2.37. The number of H-pyrrole nitrogens is 1. The number of halogens is 1. The molecule has 6 rings (SSSR count). The SMILES string of the molecule is FCc1cc(-c2nc(N3CCOCC3)c3sc(CN4CCNCC4)cc3n2)c2cc[nH]c2c1. The van der Waals surface area contributed by atoms with Crippen LogP contribution in [0.4, 0.5) is 10.2 Å². The molecule has 0 atom stereocenters. The van der Waals surface area contributed by atoms with Crippen molar-refractivity contribution in [3.05, 3.63) is 40.9 Å². The minimum Gasteiger partial charge on any atom is -0.378 e. The van der Waals surface area contributed by atoms with Crippen molar-refractivity contribution in [2.45, 2.75) is 13.2 Å². The number of aromatic nitrogens is 3. The lowest BCUT2D eigenvalue weighted by atomic mass is 10.1. The van der Waals surface area contributed by atoms with Gasteiger partial charge in [-0.1, -0.05) is 0 Å². The number of morpholine rings is 1. The van der Waals surface area contributed by atoms with Gasteiger partial charge in [0.25, 0.3) is 0 Å². The Morgan fingerprint density at radius 3 is 2.73 bits per heavy atom. The number of hydrogen-bond donors (Lipinski definition) is 2. The summed E-state index contributed by atoms with van der Waals surface area (Å²) in [5.74, 6) is 1.61. The molecule has 33 heavy (non-hydrogen) atoms. The summed E-state index contributed by atoms with van der Waals surface area (Å²) in [6.45, 7) is 7.59. The number of alkyl halides is 1. The van der Waals surface area contributed by atoms with E-state index in [-0.39, 0.29) is 0 Å². The van der Waals surface area contributed by atoms with E-state index in [0.29, 0.717) is 24.6 Å². The molecule has 0 unspecified atom stereocenters. The van der Waals surface area contributed by atoms with Crippen LogP contribution in [0, 0.1) is 0 Å². The average Bonchev–Trinajstić information content (AvgIpc) is 3.50. The molecule has 7 nitrogen and oxygen atoms in total. The third-order valence-electron chi connectivity index (χ3n) is 6.43. The zero-order chi connectivity index (χ0) is 22.2. The van der Waals surface area contributed by atoms with Crippen LogP contribution in [0.25, 0.3) is 32.5 Å². The summed E-state index contributed by atoms with van der Waals surface area (Å²) in [7, 11) is 0. The first kappa shape index (κ1) is 21.0. The monoisotopic (exact) mass is 466 g/mol. The van der Waals surface area contributed by atoms with Crippen molar-refractivity contribution in [3.8, 4) is 11.4 Å². The van der Waals surface area contributed by atoms with Gasteiger partial charge < -0.3 is 19.9 Å². The van der Waals surface area contributed by atoms with Crippen LogP contribution in [-0.2, 0) is 18.0 Å². The number of nitrogens with zero attached hydrogens (tertiary/aromatic N) is 4. The molecule has 2 fully saturated rings. The molecule has 0 amide bonds. The molecular weight excluding hydrogens is 439 g/mol. The van der Waals surface area contributed by atoms with Gasteiger partial charge in [-0.15, -0.1) is 11.3 Å². The van der Waals surface area contributed by atoms with Gasteiger partial charge in [0.05, 0.1) is 23.4 Å². The third kappa shape index (κ3) is 4.10. The second kappa shape index (κ2) is 8.98. The van der Waals surface area contributed by atoms with Crippen molar-refractivity contribution in [1.29, 1.82) is 0 Å². The maximum atomic E-state index is 13.6. The maximum Gasteiger partial charge on any atom is 0.162 e. The minimum absolute atomic E-state index is 0.520. The molecule has 3 aromatic heterocycles. The standard InChI is InChI=1S/C24H27FN6OS/c25-14-16-11-19(18-1-2-27-20(18)12-16)23-28-21-13-17(15-30-5-3-26-4-6-30)33-22(21)24(29-23)31-7-9-32-10-8-31/h1-2,11-13,26-27H,3-10,14-15H2. The Morgan fingerprint density at radius 2 is 1.91 bits per heavy atom. The fourth-order valence-electron chi connectivity index (χ4n) is 4.73. The lowest BCUT2D eigenvalue weighted by Gasteiger charge is -2.28. The molecule has 0 aliphatic carbocycles. The Morgan fingerprint density at radius 1 is 1.06 bits per heavy atom. The summed E-state index contributed by atoms with van der Waals surface area (Å²) in [4.78, 5) is 19.4. The van der Waals surface area contributed by atoms with Crippen LogP contribution in [0.5, 0.6) is 0 Å². The molecule has 5 heterocycles. The Labute approximate surface area is 195 Å². The van der Waals surface area contributed by atoms with Crippen LogP contribution in [-0.4, -0.2) is 72.3 Å². The van der Waals surface area contributed by atoms with E-state index in [1.165, 1.54) is 4.88 Å². The fraction of sp³-hybridized carbons (Fsp3) is 0.417. The summed E-state index contributed by atoms with van der Waals surface area (Å²) in [5, 5.41) is 4.43. The number of thiophene rings is 1. The number of fused-ring (bicyclic) bond motifs is 2. The van der Waals surface area contributed by atoms with Crippen LogP contribution in [0.15, 0.2) is 30.5 Å². The normalized spacial score (nSPS) is 17.9. The number of hydrogen-bond acceptors (Lipinski definition) is 7. The summed E-state index contributed by atoms with van der Waals surface area (Å²) in [5.41, 5.74) is 3.36. The smallest absolute Gasteiger partial charge is 0.162 e. The zero-order valence-corrected chi connectivity index (χ0v) is 19.3. The van der Waals surface area contributed by atoms with Crippen molar-refractivity contribution in [3.63, 3.8) is 0 Å². The summed E-state index contributed by atoms with van der Waals surface area (Å²) in [6.07, 6.45) is 1.88. The molecule has 2 N–H and O–H groups in total. The highest BCUT2D eigenvalue weighted by atomic mass is 32.1. The molecule has 9 heteroatoms. The lowest BCUT2D eigenvalue weighted by Crippen LogP contribution is -2.42. The molecule has 2 saturated heterocycles. The molecule has 0 radical (unpaired) electrons. The van der Waals surface area contributed by atoms with E-state index in [1.54, 1.807) is 11.3 Å². The van der Waals surface area contributed by atoms with E-state index in [2.05, 4.69) is 26.2 Å². The summed E-state index contributed by atoms with van der Waals surface area (Å²) >= 11 is 1.79. The quantitative estimate of drug-likeness (QED) is 0.469. The van der Waals surface area contributed by atoms with Gasteiger partial charge in [0.2, 0.25) is 0 Å². The van der Waals surface area contributed by atoms with Crippen molar-refractivity contribution < 1.29 is 9.13 Å². The van der Waals surface area contributed by atoms with Crippen molar-refractivity contribution in [2.24, 2.45) is 0 Å². The first-order chi connectivity index (χ1) is 16.3. The van der Waals surface area contributed by atoms with E-state index < -0.39 is 6.67 Å². The number of anilines is 1. The number of benzene rings is 1. The van der Waals surface area contributed by atoms with Gasteiger partial charge in [0, 0.05) is 73.4 Å². The first-order valence-electron chi connectivity index (χ1n) is 11.5. The van der Waals surface area contributed by atoms with Crippen molar-refractivity contribution in [2.75, 3.05) is 57.4 Å². The van der Waals surface area contributed by atoms with Crippen LogP contribution >= 0.6 is 11.3 Å². The Hall–Kier alpha value is -2.59. The number of piperazine rings is 1. The fourth-order valence-corrected chi connectivity index (χ4v) is 5.89. The van der Waals surface area contributed by atoms with Crippen LogP contribution < -0.4 is 10.2 Å². The van der Waals surface area contributed by atoms with Crippen molar-refractivity contribution in [1.82, 2.24) is 25.2 Å². The molecular formula is C24H27FN6OS. The predicted octanol–water partition coefficient (Wildman–Crippen LogP) is 3.55. The highest BCUT2D eigenvalue weighted by Gasteiger charge is 2.22. The number of rotatable bonds is 5. The molecule has 2 aliphatic rings. The third-order valence-corrected chi connectivity index (χ3v) is 7.53. The first-order valence-corrected chi connectivity index (χ1v) is 12.3. The highest BCUT2D eigenvalue weighted by molar-refractivity contribution is 7.19. The second-order valence-corrected chi connectivity index (χ2v) is 9.78. The van der Waals surface area contributed by atoms with Gasteiger partial charge in [0.1, 0.15) is 6.67 Å². The minimum atomic E-state index is -0.520. The van der Waals surface area contributed by atoms with Gasteiger partial charge in [-0.3, -0.25) is 4.90 Å². The molecule has 0 bridgehead atoms. The van der Waals surface area contributed by atoms with E-state index >= 15 is 0 Å². The molecule has 4 aromatic rings. The van der Waals surface area contributed by atoms with E-state index in [4.69, 9.17) is 14.7 Å². The molecule has 2 aliphatic heterocycles. The molecule has 0 saturated carbocycles. The largest absolute Gasteiger partial charge is 0.378 e. The Bertz CT molecular complexity index is 1270. The van der Waals surface area contributed by atoms with Gasteiger partial charge in [-0.25, -0.2) is 14.4 Å². The van der Waals surface area contributed by atoms with Crippen molar-refractivity contribution >= 4 is 38.3 Å². The maximum absolute atomic E-state index is 13.6. The van der Waals surface area contributed by atoms with E-state index in [9.17, 15) is 4.39 Å².